The molecule has 0 heterocycles. The summed E-state index contributed by atoms with van der Waals surface area (Å²) in [4.78, 5) is 47.4. The second kappa shape index (κ2) is 12.5. The monoisotopic (exact) mass is 408 g/mol. The highest BCUT2D eigenvalue weighted by Gasteiger charge is 2.31. The summed E-state index contributed by atoms with van der Waals surface area (Å²) >= 11 is 3.97. The molecule has 0 rings (SSSR count). The lowest BCUT2D eigenvalue weighted by Gasteiger charge is -2.25. The number of nitrogens with two attached hydrogens (primary N) is 1. The van der Waals surface area contributed by atoms with Crippen LogP contribution < -0.4 is 21.7 Å². The second-order valence-corrected chi connectivity index (χ2v) is 6.35. The highest BCUT2D eigenvalue weighted by molar-refractivity contribution is 7.80. The Bertz CT molecular complexity index is 534. The van der Waals surface area contributed by atoms with E-state index in [1.54, 1.807) is 13.8 Å². The number of aliphatic hydroxyl groups excluding tert-OH is 2. The van der Waals surface area contributed by atoms with Crippen molar-refractivity contribution >= 4 is 36.3 Å². The number of amides is 3. The third-order valence-electron chi connectivity index (χ3n) is 3.94. The van der Waals surface area contributed by atoms with E-state index in [1.165, 1.54) is 0 Å². The lowest BCUT2D eigenvalue weighted by atomic mass is 9.99. The van der Waals surface area contributed by atoms with Gasteiger partial charge in [-0.1, -0.05) is 20.3 Å². The number of carbonyl (C=O) groups is 4. The van der Waals surface area contributed by atoms with E-state index in [9.17, 15) is 29.4 Å². The molecule has 0 saturated carbocycles. The quantitative estimate of drug-likeness (QED) is 0.155. The van der Waals surface area contributed by atoms with E-state index in [1.807, 2.05) is 0 Å². The van der Waals surface area contributed by atoms with E-state index in [-0.39, 0.29) is 11.7 Å². The molecule has 12 heteroatoms. The lowest BCUT2D eigenvalue weighted by Crippen LogP contribution is -2.59. The third kappa shape index (κ3) is 8.12. The SMILES string of the molecule is CCC(C)C(NC(=O)C(CS)NC(=O)C(CO)NC(=O)C(N)CO)C(=O)O. The van der Waals surface area contributed by atoms with Crippen LogP contribution in [0.3, 0.4) is 0 Å². The maximum atomic E-state index is 12.3. The molecular formula is C15H28N4O7S. The summed E-state index contributed by atoms with van der Waals surface area (Å²) in [7, 11) is 0. The zero-order valence-electron chi connectivity index (χ0n) is 15.2. The molecule has 27 heavy (non-hydrogen) atoms. The molecule has 3 amide bonds. The van der Waals surface area contributed by atoms with E-state index >= 15 is 0 Å². The molecule has 5 unspecified atom stereocenters. The molecule has 5 atom stereocenters. The lowest BCUT2D eigenvalue weighted by molar-refractivity contribution is -0.143. The molecule has 0 saturated heterocycles. The normalized spacial score (nSPS) is 16.4. The first kappa shape index (κ1) is 25.1. The van der Waals surface area contributed by atoms with Gasteiger partial charge >= 0.3 is 5.97 Å². The van der Waals surface area contributed by atoms with Crippen LogP contribution in [0, 0.1) is 5.92 Å². The number of carboxylic acids is 1. The highest BCUT2D eigenvalue weighted by atomic mass is 32.1. The minimum atomic E-state index is -1.41. The van der Waals surface area contributed by atoms with Crippen molar-refractivity contribution in [3.63, 3.8) is 0 Å². The largest absolute Gasteiger partial charge is 0.480 e. The highest BCUT2D eigenvalue weighted by Crippen LogP contribution is 2.08. The van der Waals surface area contributed by atoms with Gasteiger partial charge in [0, 0.05) is 5.75 Å². The van der Waals surface area contributed by atoms with Crippen molar-refractivity contribution < 1.29 is 34.5 Å². The fourth-order valence-electron chi connectivity index (χ4n) is 1.96. The van der Waals surface area contributed by atoms with Gasteiger partial charge in [-0.3, -0.25) is 14.4 Å². The number of carboxylic acid groups (broad SMARTS) is 1. The number of carbonyl (C=O) groups excluding carboxylic acids is 3. The zero-order chi connectivity index (χ0) is 21.1. The molecule has 0 aromatic heterocycles. The molecule has 0 aliphatic carbocycles. The number of aliphatic hydroxyl groups is 2. The Morgan fingerprint density at radius 1 is 0.963 bits per heavy atom. The maximum Gasteiger partial charge on any atom is 0.326 e. The summed E-state index contributed by atoms with van der Waals surface area (Å²) < 4.78 is 0. The van der Waals surface area contributed by atoms with Crippen molar-refractivity contribution in [1.29, 1.82) is 0 Å². The van der Waals surface area contributed by atoms with Gasteiger partial charge in [0.15, 0.2) is 0 Å². The van der Waals surface area contributed by atoms with Gasteiger partial charge in [0.25, 0.3) is 0 Å². The number of aliphatic carboxylic acids is 1. The van der Waals surface area contributed by atoms with Gasteiger partial charge in [-0.15, -0.1) is 0 Å². The molecule has 0 radical (unpaired) electrons. The average Bonchev–Trinajstić information content (AvgIpc) is 2.65. The topological polar surface area (TPSA) is 191 Å². The standard InChI is InChI=1S/C15H28N4O7S/c1-3-7(2)11(15(25)26)19-14(24)10(6-27)18-13(23)9(5-21)17-12(22)8(16)4-20/h7-11,20-21,27H,3-6,16H2,1-2H3,(H,17,22)(H,18,23)(H,19,24)(H,25,26). The molecule has 0 aliphatic rings. The summed E-state index contributed by atoms with van der Waals surface area (Å²) in [6.45, 7) is 2.01. The van der Waals surface area contributed by atoms with Crippen LogP contribution in [-0.2, 0) is 19.2 Å². The van der Waals surface area contributed by atoms with E-state index in [2.05, 4.69) is 28.6 Å². The van der Waals surface area contributed by atoms with Gasteiger partial charge < -0.3 is 37.0 Å². The molecule has 0 aromatic carbocycles. The number of thiol groups is 1. The summed E-state index contributed by atoms with van der Waals surface area (Å²) in [6, 6.07) is -5.01. The van der Waals surface area contributed by atoms with E-state index in [0.717, 1.165) is 0 Å². The van der Waals surface area contributed by atoms with Crippen molar-refractivity contribution in [2.45, 2.75) is 44.4 Å². The minimum Gasteiger partial charge on any atom is -0.480 e. The van der Waals surface area contributed by atoms with E-state index < -0.39 is 61.1 Å². The number of rotatable bonds is 12. The molecule has 8 N–H and O–H groups in total. The first-order chi connectivity index (χ1) is 12.6. The van der Waals surface area contributed by atoms with Crippen LogP contribution in [0.4, 0.5) is 0 Å². The summed E-state index contributed by atoms with van der Waals surface area (Å²) in [5.41, 5.74) is 5.31. The molecule has 156 valence electrons. The third-order valence-corrected chi connectivity index (χ3v) is 4.31. The first-order valence-corrected chi connectivity index (χ1v) is 8.98. The Morgan fingerprint density at radius 3 is 1.89 bits per heavy atom. The van der Waals surface area contributed by atoms with Gasteiger partial charge in [0.2, 0.25) is 17.7 Å². The zero-order valence-corrected chi connectivity index (χ0v) is 16.1. The molecule has 11 nitrogen and oxygen atoms in total. The Kier molecular flexibility index (Phi) is 11.6. The molecule has 0 bridgehead atoms. The first-order valence-electron chi connectivity index (χ1n) is 8.34. The van der Waals surface area contributed by atoms with Gasteiger partial charge in [0.05, 0.1) is 13.2 Å². The summed E-state index contributed by atoms with van der Waals surface area (Å²) in [5.74, 6) is -4.21. The number of nitrogens with one attached hydrogen (secondary N) is 3. The smallest absolute Gasteiger partial charge is 0.326 e. The molecular weight excluding hydrogens is 380 g/mol. The van der Waals surface area contributed by atoms with Gasteiger partial charge in [0.1, 0.15) is 24.2 Å². The van der Waals surface area contributed by atoms with Crippen molar-refractivity contribution in [2.24, 2.45) is 11.7 Å². The van der Waals surface area contributed by atoms with E-state index in [4.69, 9.17) is 10.8 Å². The Morgan fingerprint density at radius 2 is 1.48 bits per heavy atom. The summed E-state index contributed by atoms with van der Waals surface area (Å²) in [5, 5.41) is 34.1. The maximum absolute atomic E-state index is 12.3. The Hall–Kier alpha value is -1.89. The molecule has 0 aliphatic heterocycles. The molecule has 0 spiro atoms. The van der Waals surface area contributed by atoms with Crippen LogP contribution in [0.25, 0.3) is 0 Å². The molecule has 0 aromatic rings. The van der Waals surface area contributed by atoms with Crippen LogP contribution in [0.15, 0.2) is 0 Å². The van der Waals surface area contributed by atoms with Crippen LogP contribution in [0.2, 0.25) is 0 Å². The molecule has 0 fully saturated rings. The van der Waals surface area contributed by atoms with Crippen molar-refractivity contribution in [1.82, 2.24) is 16.0 Å². The second-order valence-electron chi connectivity index (χ2n) is 5.99. The Labute approximate surface area is 162 Å². The summed E-state index contributed by atoms with van der Waals surface area (Å²) in [6.07, 6.45) is 0.513. The predicted molar refractivity (Wildman–Crippen MR) is 98.9 cm³/mol. The van der Waals surface area contributed by atoms with Crippen LogP contribution in [-0.4, -0.2) is 82.1 Å². The minimum absolute atomic E-state index is 0.146. The van der Waals surface area contributed by atoms with Gasteiger partial charge in [-0.25, -0.2) is 4.79 Å². The average molecular weight is 408 g/mol. The fraction of sp³-hybridized carbons (Fsp3) is 0.733. The Balaban J connectivity index is 5.01. The van der Waals surface area contributed by atoms with Crippen molar-refractivity contribution in [2.75, 3.05) is 19.0 Å². The van der Waals surface area contributed by atoms with Crippen LogP contribution >= 0.6 is 12.6 Å². The number of hydrogen-bond acceptors (Lipinski definition) is 8. The van der Waals surface area contributed by atoms with Crippen LogP contribution in [0.1, 0.15) is 20.3 Å². The van der Waals surface area contributed by atoms with Crippen LogP contribution in [0.5, 0.6) is 0 Å². The van der Waals surface area contributed by atoms with Crippen molar-refractivity contribution in [3.8, 4) is 0 Å². The van der Waals surface area contributed by atoms with Gasteiger partial charge in [-0.05, 0) is 5.92 Å². The number of hydrogen-bond donors (Lipinski definition) is 8. The van der Waals surface area contributed by atoms with Crippen molar-refractivity contribution in [3.05, 3.63) is 0 Å². The van der Waals surface area contributed by atoms with E-state index in [0.29, 0.717) is 6.42 Å². The predicted octanol–water partition coefficient (Wildman–Crippen LogP) is -3.19. The van der Waals surface area contributed by atoms with Gasteiger partial charge in [-0.2, -0.15) is 12.6 Å². The fourth-order valence-corrected chi connectivity index (χ4v) is 2.22.